The van der Waals surface area contributed by atoms with E-state index < -0.39 is 0 Å². The maximum absolute atomic E-state index is 12.6. The Kier molecular flexibility index (Phi) is 3.60. The predicted octanol–water partition coefficient (Wildman–Crippen LogP) is 3.20. The monoisotopic (exact) mass is 319 g/mol. The molecule has 1 fully saturated rings. The lowest BCUT2D eigenvalue weighted by molar-refractivity contribution is 0.0501. The van der Waals surface area contributed by atoms with Crippen LogP contribution in [0.15, 0.2) is 48.8 Å². The van der Waals surface area contributed by atoms with Crippen LogP contribution in [0.5, 0.6) is 0 Å². The van der Waals surface area contributed by atoms with Crippen molar-refractivity contribution in [1.29, 1.82) is 0 Å². The van der Waals surface area contributed by atoms with Crippen LogP contribution in [-0.4, -0.2) is 33.4 Å². The molecule has 3 aromatic rings. The van der Waals surface area contributed by atoms with Crippen molar-refractivity contribution in [2.75, 3.05) is 13.1 Å². The number of likely N-dealkylation sites (tertiary alicyclic amines) is 1. The molecule has 1 aliphatic rings. The van der Waals surface area contributed by atoms with E-state index in [0.717, 1.165) is 36.1 Å². The van der Waals surface area contributed by atoms with Crippen molar-refractivity contribution in [2.24, 2.45) is 13.0 Å². The van der Waals surface area contributed by atoms with E-state index in [1.165, 1.54) is 11.1 Å². The summed E-state index contributed by atoms with van der Waals surface area (Å²) in [7, 11) is 1.96. The third-order valence-corrected chi connectivity index (χ3v) is 4.86. The summed E-state index contributed by atoms with van der Waals surface area (Å²) >= 11 is 0. The Hall–Kier alpha value is -2.62. The number of imidazole rings is 1. The van der Waals surface area contributed by atoms with Gasteiger partial charge in [-0.05, 0) is 43.0 Å². The zero-order valence-electron chi connectivity index (χ0n) is 14.1. The molecule has 0 spiro atoms. The zero-order valence-corrected chi connectivity index (χ0v) is 14.1. The Morgan fingerprint density at radius 3 is 2.67 bits per heavy atom. The summed E-state index contributed by atoms with van der Waals surface area (Å²) in [5.74, 6) is 0.679. The summed E-state index contributed by atoms with van der Waals surface area (Å²) in [5, 5.41) is 0. The second-order valence-corrected chi connectivity index (χ2v) is 6.82. The molecule has 2 heterocycles. The van der Waals surface area contributed by atoms with Gasteiger partial charge >= 0.3 is 0 Å². The number of hydrogen-bond donors (Lipinski definition) is 0. The zero-order chi connectivity index (χ0) is 16.7. The molecule has 4 heteroatoms. The molecule has 24 heavy (non-hydrogen) atoms. The largest absolute Gasteiger partial charge is 0.338 e. The van der Waals surface area contributed by atoms with Crippen molar-refractivity contribution in [1.82, 2.24) is 14.5 Å². The maximum atomic E-state index is 12.6. The predicted molar refractivity (Wildman–Crippen MR) is 95.0 cm³/mol. The van der Waals surface area contributed by atoms with Gasteiger partial charge in [0.2, 0.25) is 0 Å². The van der Waals surface area contributed by atoms with Crippen LogP contribution in [0.1, 0.15) is 21.5 Å². The standard InChI is InChI=1S/C20H21N3O/c1-14-3-5-15(6-4-14)9-16-11-23(12-16)20(24)17-7-8-19-18(10-17)21-13-22(19)2/h3-8,10,13,16H,9,11-12H2,1-2H3. The van der Waals surface area contributed by atoms with Crippen LogP contribution in [0, 0.1) is 12.8 Å². The van der Waals surface area contributed by atoms with Crippen molar-refractivity contribution >= 4 is 16.9 Å². The van der Waals surface area contributed by atoms with Gasteiger partial charge in [0.25, 0.3) is 5.91 Å². The first-order chi connectivity index (χ1) is 11.6. The number of hydrogen-bond acceptors (Lipinski definition) is 2. The lowest BCUT2D eigenvalue weighted by Crippen LogP contribution is -2.50. The number of aromatic nitrogens is 2. The quantitative estimate of drug-likeness (QED) is 0.743. The molecule has 0 radical (unpaired) electrons. The molecule has 1 amide bonds. The Labute approximate surface area is 141 Å². The lowest BCUT2D eigenvalue weighted by atomic mass is 9.91. The summed E-state index contributed by atoms with van der Waals surface area (Å²) in [4.78, 5) is 18.9. The van der Waals surface area contributed by atoms with Crippen LogP contribution in [0.3, 0.4) is 0 Å². The molecule has 1 aromatic heterocycles. The van der Waals surface area contributed by atoms with Crippen molar-refractivity contribution in [3.05, 3.63) is 65.5 Å². The van der Waals surface area contributed by atoms with Crippen LogP contribution >= 0.6 is 0 Å². The number of amides is 1. The lowest BCUT2D eigenvalue weighted by Gasteiger charge is -2.39. The van der Waals surface area contributed by atoms with Crippen molar-refractivity contribution < 1.29 is 4.79 Å². The van der Waals surface area contributed by atoms with Gasteiger partial charge in [-0.1, -0.05) is 29.8 Å². The molecule has 1 aliphatic heterocycles. The van der Waals surface area contributed by atoms with Crippen LogP contribution < -0.4 is 0 Å². The van der Waals surface area contributed by atoms with E-state index in [-0.39, 0.29) is 5.91 Å². The van der Waals surface area contributed by atoms with E-state index in [4.69, 9.17) is 0 Å². The first-order valence-electron chi connectivity index (χ1n) is 8.36. The molecular weight excluding hydrogens is 298 g/mol. The first kappa shape index (κ1) is 14.9. The van der Waals surface area contributed by atoms with Crippen LogP contribution in [-0.2, 0) is 13.5 Å². The first-order valence-corrected chi connectivity index (χ1v) is 8.36. The van der Waals surface area contributed by atoms with E-state index in [2.05, 4.69) is 36.2 Å². The van der Waals surface area contributed by atoms with Gasteiger partial charge in [0.05, 0.1) is 17.4 Å². The highest BCUT2D eigenvalue weighted by atomic mass is 16.2. The second-order valence-electron chi connectivity index (χ2n) is 6.82. The second kappa shape index (κ2) is 5.78. The van der Waals surface area contributed by atoms with Gasteiger partial charge < -0.3 is 9.47 Å². The molecule has 4 rings (SSSR count). The third-order valence-electron chi connectivity index (χ3n) is 4.86. The number of aryl methyl sites for hydroxylation is 2. The molecule has 0 saturated carbocycles. The molecule has 122 valence electrons. The molecule has 0 unspecified atom stereocenters. The topological polar surface area (TPSA) is 38.1 Å². The molecule has 1 saturated heterocycles. The molecular formula is C20H21N3O. The summed E-state index contributed by atoms with van der Waals surface area (Å²) in [6, 6.07) is 14.4. The summed E-state index contributed by atoms with van der Waals surface area (Å²) < 4.78 is 1.96. The molecule has 0 bridgehead atoms. The van der Waals surface area contributed by atoms with Gasteiger partial charge in [-0.3, -0.25) is 4.79 Å². The average Bonchev–Trinajstić information content (AvgIpc) is 2.92. The third kappa shape index (κ3) is 2.68. The highest BCUT2D eigenvalue weighted by molar-refractivity contribution is 5.97. The average molecular weight is 319 g/mol. The smallest absolute Gasteiger partial charge is 0.253 e. The van der Waals surface area contributed by atoms with Crippen molar-refractivity contribution in [3.8, 4) is 0 Å². The van der Waals surface area contributed by atoms with Crippen molar-refractivity contribution in [2.45, 2.75) is 13.3 Å². The van der Waals surface area contributed by atoms with Crippen LogP contribution in [0.2, 0.25) is 0 Å². The Morgan fingerprint density at radius 2 is 1.92 bits per heavy atom. The molecule has 0 atom stereocenters. The number of carbonyl (C=O) groups is 1. The fourth-order valence-electron chi connectivity index (χ4n) is 3.37. The Bertz CT molecular complexity index is 889. The van der Waals surface area contributed by atoms with E-state index in [0.29, 0.717) is 5.92 Å². The minimum absolute atomic E-state index is 0.114. The molecule has 4 nitrogen and oxygen atoms in total. The Morgan fingerprint density at radius 1 is 1.17 bits per heavy atom. The van der Waals surface area contributed by atoms with Gasteiger partial charge in [0.15, 0.2) is 0 Å². The molecule has 2 aromatic carbocycles. The van der Waals surface area contributed by atoms with E-state index in [1.807, 2.05) is 34.7 Å². The number of benzene rings is 2. The minimum Gasteiger partial charge on any atom is -0.338 e. The van der Waals surface area contributed by atoms with E-state index >= 15 is 0 Å². The minimum atomic E-state index is 0.114. The van der Waals surface area contributed by atoms with Gasteiger partial charge in [0.1, 0.15) is 0 Å². The summed E-state index contributed by atoms with van der Waals surface area (Å²) in [6.07, 6.45) is 2.82. The van der Waals surface area contributed by atoms with Gasteiger partial charge in [-0.2, -0.15) is 0 Å². The molecule has 0 aliphatic carbocycles. The van der Waals surface area contributed by atoms with Gasteiger partial charge in [0, 0.05) is 25.7 Å². The Balaban J connectivity index is 1.40. The number of nitrogens with zero attached hydrogens (tertiary/aromatic N) is 3. The van der Waals surface area contributed by atoms with Crippen LogP contribution in [0.4, 0.5) is 0 Å². The van der Waals surface area contributed by atoms with Crippen LogP contribution in [0.25, 0.3) is 11.0 Å². The summed E-state index contributed by atoms with van der Waals surface area (Å²) in [6.45, 7) is 3.78. The molecule has 0 N–H and O–H groups in total. The maximum Gasteiger partial charge on any atom is 0.253 e. The van der Waals surface area contributed by atoms with E-state index in [9.17, 15) is 4.79 Å². The van der Waals surface area contributed by atoms with Gasteiger partial charge in [-0.25, -0.2) is 4.98 Å². The fraction of sp³-hybridized carbons (Fsp3) is 0.300. The summed E-state index contributed by atoms with van der Waals surface area (Å²) in [5.41, 5.74) is 5.30. The van der Waals surface area contributed by atoms with E-state index in [1.54, 1.807) is 6.33 Å². The number of carbonyl (C=O) groups excluding carboxylic acids is 1. The normalized spacial score (nSPS) is 14.8. The number of rotatable bonds is 3. The highest BCUT2D eigenvalue weighted by Crippen LogP contribution is 2.24. The van der Waals surface area contributed by atoms with Crippen molar-refractivity contribution in [3.63, 3.8) is 0 Å². The SMILES string of the molecule is Cc1ccc(CC2CN(C(=O)c3ccc4c(c3)ncn4C)C2)cc1. The fourth-order valence-corrected chi connectivity index (χ4v) is 3.37. The number of fused-ring (bicyclic) bond motifs is 1. The highest BCUT2D eigenvalue weighted by Gasteiger charge is 2.31. The van der Waals surface area contributed by atoms with Gasteiger partial charge in [-0.15, -0.1) is 0 Å².